The normalized spacial score (nSPS) is 12.4. The molecule has 5 heteroatoms. The number of carboxylic acids is 1. The minimum absolute atomic E-state index is 0.370. The second-order valence-electron chi connectivity index (χ2n) is 2.58. The van der Waals surface area contributed by atoms with Gasteiger partial charge >= 0.3 is 5.97 Å². The lowest BCUT2D eigenvalue weighted by atomic mass is 10.3. The van der Waals surface area contributed by atoms with Crippen molar-refractivity contribution in [1.82, 2.24) is 0 Å². The van der Waals surface area contributed by atoms with Crippen LogP contribution in [0.15, 0.2) is 29.2 Å². The van der Waals surface area contributed by atoms with Gasteiger partial charge in [0.05, 0.1) is 6.61 Å². The highest BCUT2D eigenvalue weighted by Crippen LogP contribution is 2.23. The van der Waals surface area contributed by atoms with E-state index in [0.717, 1.165) is 11.8 Å². The van der Waals surface area contributed by atoms with Gasteiger partial charge in [0.2, 0.25) is 0 Å². The zero-order valence-electron chi connectivity index (χ0n) is 7.18. The number of aliphatic hydroxyl groups is 1. The Labute approximate surface area is 84.6 Å². The van der Waals surface area contributed by atoms with Crippen molar-refractivity contribution in [2.24, 2.45) is 0 Å². The van der Waals surface area contributed by atoms with E-state index in [2.05, 4.69) is 0 Å². The Bertz CT molecular complexity index is 312. The van der Waals surface area contributed by atoms with Crippen LogP contribution >= 0.6 is 11.8 Å². The van der Waals surface area contributed by atoms with Crippen LogP contribution in [0.3, 0.4) is 0 Å². The van der Waals surface area contributed by atoms with Crippen LogP contribution in [0.5, 0.6) is 0 Å². The molecule has 0 aliphatic heterocycles. The Hall–Kier alpha value is -1.07. The topological polar surface area (TPSA) is 57.5 Å². The van der Waals surface area contributed by atoms with Gasteiger partial charge < -0.3 is 10.2 Å². The number of hydrogen-bond acceptors (Lipinski definition) is 3. The highest BCUT2D eigenvalue weighted by Gasteiger charge is 2.17. The van der Waals surface area contributed by atoms with Crippen molar-refractivity contribution in [3.63, 3.8) is 0 Å². The third-order valence-electron chi connectivity index (χ3n) is 1.53. The smallest absolute Gasteiger partial charge is 0.319 e. The van der Waals surface area contributed by atoms with Gasteiger partial charge in [-0.1, -0.05) is 0 Å². The van der Waals surface area contributed by atoms with Gasteiger partial charge in [-0.2, -0.15) is 0 Å². The average Bonchev–Trinajstić information content (AvgIpc) is 2.16. The van der Waals surface area contributed by atoms with Crippen LogP contribution in [0.1, 0.15) is 0 Å². The molecule has 14 heavy (non-hydrogen) atoms. The number of hydrogen-bond donors (Lipinski definition) is 2. The van der Waals surface area contributed by atoms with Crippen LogP contribution < -0.4 is 0 Å². The van der Waals surface area contributed by atoms with E-state index < -0.39 is 17.8 Å². The average molecular weight is 216 g/mol. The number of aliphatic hydroxyl groups excluding tert-OH is 1. The van der Waals surface area contributed by atoms with Gasteiger partial charge in [0.1, 0.15) is 11.1 Å². The van der Waals surface area contributed by atoms with Crippen molar-refractivity contribution >= 4 is 17.7 Å². The first-order valence-electron chi connectivity index (χ1n) is 3.89. The third-order valence-corrected chi connectivity index (χ3v) is 2.71. The first kappa shape index (κ1) is 11.0. The van der Waals surface area contributed by atoms with E-state index in [0.29, 0.717) is 4.90 Å². The maximum atomic E-state index is 12.5. The molecule has 0 aliphatic rings. The molecule has 1 aromatic carbocycles. The molecule has 2 N–H and O–H groups in total. The Morgan fingerprint density at radius 3 is 2.43 bits per heavy atom. The fourth-order valence-corrected chi connectivity index (χ4v) is 1.64. The summed E-state index contributed by atoms with van der Waals surface area (Å²) in [7, 11) is 0. The van der Waals surface area contributed by atoms with Gasteiger partial charge in [0, 0.05) is 4.90 Å². The van der Waals surface area contributed by atoms with Gasteiger partial charge in [-0.25, -0.2) is 4.39 Å². The molecule has 0 saturated heterocycles. The number of thioether (sulfide) groups is 1. The van der Waals surface area contributed by atoms with E-state index in [1.165, 1.54) is 24.3 Å². The van der Waals surface area contributed by atoms with Crippen LogP contribution in [0.4, 0.5) is 4.39 Å². The first-order valence-corrected chi connectivity index (χ1v) is 4.77. The molecule has 1 atom stereocenters. The lowest BCUT2D eigenvalue weighted by Gasteiger charge is -2.07. The summed E-state index contributed by atoms with van der Waals surface area (Å²) in [5, 5.41) is 16.5. The summed E-state index contributed by atoms with van der Waals surface area (Å²) in [4.78, 5) is 11.2. The van der Waals surface area contributed by atoms with E-state index >= 15 is 0 Å². The summed E-state index contributed by atoms with van der Waals surface area (Å²) in [5.74, 6) is -1.45. The third kappa shape index (κ3) is 3.01. The molecule has 1 aromatic rings. The molecule has 0 radical (unpaired) electrons. The van der Waals surface area contributed by atoms with E-state index in [4.69, 9.17) is 10.2 Å². The summed E-state index contributed by atoms with van der Waals surface area (Å²) in [6, 6.07) is 5.45. The fraction of sp³-hybridized carbons (Fsp3) is 0.222. The number of carboxylic acid groups (broad SMARTS) is 1. The highest BCUT2D eigenvalue weighted by molar-refractivity contribution is 8.00. The molecule has 0 fully saturated rings. The van der Waals surface area contributed by atoms with Crippen molar-refractivity contribution in [3.05, 3.63) is 30.1 Å². The Morgan fingerprint density at radius 2 is 2.00 bits per heavy atom. The lowest BCUT2D eigenvalue weighted by Crippen LogP contribution is -2.20. The fourth-order valence-electron chi connectivity index (χ4n) is 0.843. The van der Waals surface area contributed by atoms with Gasteiger partial charge in [-0.15, -0.1) is 11.8 Å². The minimum Gasteiger partial charge on any atom is -0.480 e. The molecular weight excluding hydrogens is 207 g/mol. The number of rotatable bonds is 4. The molecule has 1 unspecified atom stereocenters. The molecule has 76 valence electrons. The van der Waals surface area contributed by atoms with Crippen molar-refractivity contribution in [2.75, 3.05) is 6.61 Å². The summed E-state index contributed by atoms with van der Waals surface area (Å²) < 4.78 is 12.5. The molecule has 0 spiro atoms. The first-order chi connectivity index (χ1) is 6.63. The zero-order valence-corrected chi connectivity index (χ0v) is 8.00. The van der Waals surface area contributed by atoms with Gasteiger partial charge in [0.25, 0.3) is 0 Å². The molecular formula is C9H9FO3S. The predicted molar refractivity (Wildman–Crippen MR) is 50.8 cm³/mol. The van der Waals surface area contributed by atoms with Crippen molar-refractivity contribution in [1.29, 1.82) is 0 Å². The SMILES string of the molecule is O=C(O)C(CO)Sc1ccc(F)cc1. The largest absolute Gasteiger partial charge is 0.480 e. The summed E-state index contributed by atoms with van der Waals surface area (Å²) in [6.07, 6.45) is 0. The maximum Gasteiger partial charge on any atom is 0.319 e. The minimum atomic E-state index is -1.08. The summed E-state index contributed by atoms with van der Waals surface area (Å²) >= 11 is 0.989. The Kier molecular flexibility index (Phi) is 3.91. The molecule has 0 saturated carbocycles. The number of aliphatic carboxylic acids is 1. The zero-order chi connectivity index (χ0) is 10.6. The second-order valence-corrected chi connectivity index (χ2v) is 3.86. The molecule has 0 heterocycles. The standard InChI is InChI=1S/C9H9FO3S/c10-6-1-3-7(4-2-6)14-8(5-11)9(12)13/h1-4,8,11H,5H2,(H,12,13). The molecule has 0 bridgehead atoms. The van der Waals surface area contributed by atoms with E-state index in [1.807, 2.05) is 0 Å². The maximum absolute atomic E-state index is 12.5. The van der Waals surface area contributed by atoms with E-state index in [-0.39, 0.29) is 5.82 Å². The van der Waals surface area contributed by atoms with Gasteiger partial charge in [-0.3, -0.25) is 4.79 Å². The van der Waals surface area contributed by atoms with Crippen LogP contribution in [-0.4, -0.2) is 28.0 Å². The molecule has 0 aromatic heterocycles. The number of halogens is 1. The summed E-state index contributed by atoms with van der Waals surface area (Å²) in [5.41, 5.74) is 0. The quantitative estimate of drug-likeness (QED) is 0.746. The predicted octanol–water partition coefficient (Wildman–Crippen LogP) is 1.36. The number of carbonyl (C=O) groups is 1. The van der Waals surface area contributed by atoms with Crippen LogP contribution in [-0.2, 0) is 4.79 Å². The Balaban J connectivity index is 2.67. The second kappa shape index (κ2) is 4.97. The molecule has 3 nitrogen and oxygen atoms in total. The monoisotopic (exact) mass is 216 g/mol. The van der Waals surface area contributed by atoms with E-state index in [9.17, 15) is 9.18 Å². The molecule has 0 amide bonds. The van der Waals surface area contributed by atoms with Crippen LogP contribution in [0, 0.1) is 5.82 Å². The summed E-state index contributed by atoms with van der Waals surface area (Å²) in [6.45, 7) is -0.447. The van der Waals surface area contributed by atoms with E-state index in [1.54, 1.807) is 0 Å². The van der Waals surface area contributed by atoms with Gasteiger partial charge in [0.15, 0.2) is 0 Å². The lowest BCUT2D eigenvalue weighted by molar-refractivity contribution is -0.137. The molecule has 0 aliphatic carbocycles. The van der Waals surface area contributed by atoms with Crippen LogP contribution in [0.25, 0.3) is 0 Å². The molecule has 1 rings (SSSR count). The van der Waals surface area contributed by atoms with Crippen LogP contribution in [0.2, 0.25) is 0 Å². The number of benzene rings is 1. The van der Waals surface area contributed by atoms with Crippen molar-refractivity contribution in [3.8, 4) is 0 Å². The van der Waals surface area contributed by atoms with Crippen molar-refractivity contribution < 1.29 is 19.4 Å². The highest BCUT2D eigenvalue weighted by atomic mass is 32.2. The Morgan fingerprint density at radius 1 is 1.43 bits per heavy atom. The van der Waals surface area contributed by atoms with Gasteiger partial charge in [-0.05, 0) is 24.3 Å². The van der Waals surface area contributed by atoms with Crippen molar-refractivity contribution in [2.45, 2.75) is 10.1 Å².